The first-order valence-electron chi connectivity index (χ1n) is 15.4. The monoisotopic (exact) mass is 635 g/mol. The number of aryl methyl sites for hydroxylation is 2. The molecule has 45 heavy (non-hydrogen) atoms. The zero-order valence-electron chi connectivity index (χ0n) is 24.8. The van der Waals surface area contributed by atoms with E-state index in [2.05, 4.69) is 10.2 Å². The lowest BCUT2D eigenvalue weighted by molar-refractivity contribution is -0.136. The molecule has 0 radical (unpaired) electrons. The highest BCUT2D eigenvalue weighted by molar-refractivity contribution is 6.31. The van der Waals surface area contributed by atoms with Gasteiger partial charge in [0.05, 0.1) is 19.8 Å². The number of imidazole rings is 1. The molecule has 0 aliphatic carbocycles. The van der Waals surface area contributed by atoms with Crippen molar-refractivity contribution < 1.29 is 13.9 Å². The van der Waals surface area contributed by atoms with Crippen LogP contribution in [0.5, 0.6) is 0 Å². The molecule has 236 valence electrons. The van der Waals surface area contributed by atoms with Crippen LogP contribution in [0.15, 0.2) is 58.1 Å². The standard InChI is InChI=1S/C32H35ClFN7O4/c33-25-4-2-1-3-23(25)19-40-28-29(36-31(40)38-12-10-22-17-35-18-26(22)38)39(11-9-21-5-7-24(34)8-6-21)32(44)41(30(28)43)20-27(42)37-13-15-45-16-14-37/h1-8,22,26,35H,9-20H2. The number of amides is 1. The van der Waals surface area contributed by atoms with Gasteiger partial charge in [0.25, 0.3) is 5.56 Å². The van der Waals surface area contributed by atoms with Crippen LogP contribution in [0.2, 0.25) is 5.02 Å². The fourth-order valence-electron chi connectivity index (χ4n) is 6.82. The molecule has 7 rings (SSSR count). The van der Waals surface area contributed by atoms with Gasteiger partial charge in [0.1, 0.15) is 12.4 Å². The van der Waals surface area contributed by atoms with Crippen LogP contribution in [0.1, 0.15) is 17.5 Å². The number of hydrogen-bond donors (Lipinski definition) is 1. The largest absolute Gasteiger partial charge is 0.378 e. The summed E-state index contributed by atoms with van der Waals surface area (Å²) in [6, 6.07) is 13.8. The van der Waals surface area contributed by atoms with Gasteiger partial charge in [-0.15, -0.1) is 0 Å². The van der Waals surface area contributed by atoms with E-state index in [0.29, 0.717) is 49.6 Å². The first-order chi connectivity index (χ1) is 21.9. The molecule has 11 nitrogen and oxygen atoms in total. The second kappa shape index (κ2) is 12.4. The summed E-state index contributed by atoms with van der Waals surface area (Å²) in [5.41, 5.74) is 0.965. The van der Waals surface area contributed by atoms with Gasteiger partial charge in [-0.05, 0) is 48.1 Å². The van der Waals surface area contributed by atoms with Crippen LogP contribution in [0, 0.1) is 11.7 Å². The summed E-state index contributed by atoms with van der Waals surface area (Å²) in [7, 11) is 0. The van der Waals surface area contributed by atoms with Gasteiger partial charge in [-0.2, -0.15) is 4.98 Å². The Morgan fingerprint density at radius 3 is 2.56 bits per heavy atom. The van der Waals surface area contributed by atoms with Crippen molar-refractivity contribution in [3.05, 3.63) is 91.3 Å². The molecule has 0 saturated carbocycles. The van der Waals surface area contributed by atoms with Crippen molar-refractivity contribution in [2.24, 2.45) is 5.92 Å². The van der Waals surface area contributed by atoms with Crippen LogP contribution in [0.3, 0.4) is 0 Å². The Hall–Kier alpha value is -4.00. The van der Waals surface area contributed by atoms with E-state index < -0.39 is 17.8 Å². The molecule has 1 N–H and O–H groups in total. The van der Waals surface area contributed by atoms with E-state index in [0.717, 1.165) is 41.7 Å². The van der Waals surface area contributed by atoms with Gasteiger partial charge in [0.15, 0.2) is 11.2 Å². The fourth-order valence-corrected chi connectivity index (χ4v) is 7.02. The highest BCUT2D eigenvalue weighted by Gasteiger charge is 2.40. The number of nitrogens with one attached hydrogen (secondary N) is 1. The van der Waals surface area contributed by atoms with Crippen LogP contribution in [0.4, 0.5) is 10.3 Å². The maximum atomic E-state index is 14.4. The smallest absolute Gasteiger partial charge is 0.333 e. The van der Waals surface area contributed by atoms with E-state index in [1.807, 2.05) is 22.8 Å². The molecule has 3 fully saturated rings. The highest BCUT2D eigenvalue weighted by atomic mass is 35.5. The van der Waals surface area contributed by atoms with Crippen LogP contribution in [-0.4, -0.2) is 81.5 Å². The van der Waals surface area contributed by atoms with Gasteiger partial charge < -0.3 is 19.9 Å². The lowest BCUT2D eigenvalue weighted by atomic mass is 10.1. The number of aromatic nitrogens is 4. The molecule has 2 unspecified atom stereocenters. The van der Waals surface area contributed by atoms with E-state index in [1.165, 1.54) is 16.7 Å². The predicted octanol–water partition coefficient (Wildman–Crippen LogP) is 2.10. The Balaban J connectivity index is 1.40. The van der Waals surface area contributed by atoms with Crippen molar-refractivity contribution in [3.63, 3.8) is 0 Å². The molecule has 0 bridgehead atoms. The van der Waals surface area contributed by atoms with Gasteiger partial charge in [-0.1, -0.05) is 41.9 Å². The number of anilines is 1. The maximum absolute atomic E-state index is 14.4. The molecular weight excluding hydrogens is 601 g/mol. The van der Waals surface area contributed by atoms with Gasteiger partial charge in [-0.25, -0.2) is 13.8 Å². The van der Waals surface area contributed by atoms with Crippen LogP contribution in [0.25, 0.3) is 11.2 Å². The molecule has 3 saturated heterocycles. The number of nitrogens with zero attached hydrogens (tertiary/aromatic N) is 6. The molecular formula is C32H35ClFN7O4. The third-order valence-corrected chi connectivity index (χ3v) is 9.65. The number of halogens is 2. The van der Waals surface area contributed by atoms with Gasteiger partial charge in [-0.3, -0.25) is 18.7 Å². The van der Waals surface area contributed by atoms with E-state index in [9.17, 15) is 18.8 Å². The first-order valence-corrected chi connectivity index (χ1v) is 15.8. The second-order valence-corrected chi connectivity index (χ2v) is 12.3. The molecule has 5 heterocycles. The molecule has 2 aromatic carbocycles. The summed E-state index contributed by atoms with van der Waals surface area (Å²) in [5, 5.41) is 4.03. The van der Waals surface area contributed by atoms with Crippen LogP contribution >= 0.6 is 11.6 Å². The molecule has 3 aliphatic heterocycles. The quantitative estimate of drug-likeness (QED) is 0.316. The minimum atomic E-state index is -0.605. The summed E-state index contributed by atoms with van der Waals surface area (Å²) in [6.45, 7) is 4.15. The first kappa shape index (κ1) is 29.7. The number of morpholine rings is 1. The van der Waals surface area contributed by atoms with E-state index in [4.69, 9.17) is 21.3 Å². The zero-order chi connectivity index (χ0) is 31.1. The Morgan fingerprint density at radius 2 is 1.78 bits per heavy atom. The molecule has 1 amide bonds. The maximum Gasteiger partial charge on any atom is 0.333 e. The molecule has 4 aromatic rings. The summed E-state index contributed by atoms with van der Waals surface area (Å²) >= 11 is 6.62. The lowest BCUT2D eigenvalue weighted by Crippen LogP contribution is -2.48. The third kappa shape index (κ3) is 5.66. The number of carbonyl (C=O) groups excluding carboxylic acids is 1. The Labute approximate surface area is 263 Å². The summed E-state index contributed by atoms with van der Waals surface area (Å²) in [6.07, 6.45) is 1.39. The van der Waals surface area contributed by atoms with Gasteiger partial charge >= 0.3 is 5.69 Å². The SMILES string of the molecule is O=C(Cn1c(=O)c2c(nc(N3CCC4CNCC43)n2Cc2ccccc2Cl)n(CCc2ccc(F)cc2)c1=O)N1CCOCC1. The number of rotatable bonds is 8. The molecule has 3 aliphatic rings. The summed E-state index contributed by atoms with van der Waals surface area (Å²) < 4.78 is 23.4. The van der Waals surface area contributed by atoms with Crippen molar-refractivity contribution in [1.82, 2.24) is 28.9 Å². The average molecular weight is 636 g/mol. The lowest BCUT2D eigenvalue weighted by Gasteiger charge is -2.27. The number of carbonyl (C=O) groups is 1. The Kier molecular flexibility index (Phi) is 8.19. The summed E-state index contributed by atoms with van der Waals surface area (Å²) in [4.78, 5) is 50.7. The zero-order valence-corrected chi connectivity index (χ0v) is 25.6. The average Bonchev–Trinajstić information content (AvgIpc) is 3.77. The fraction of sp³-hybridized carbons (Fsp3) is 0.438. The van der Waals surface area contributed by atoms with Crippen molar-refractivity contribution in [1.29, 1.82) is 0 Å². The van der Waals surface area contributed by atoms with Crippen molar-refractivity contribution >= 4 is 34.6 Å². The highest BCUT2D eigenvalue weighted by Crippen LogP contribution is 2.34. The van der Waals surface area contributed by atoms with Crippen molar-refractivity contribution in [3.8, 4) is 0 Å². The normalized spacial score (nSPS) is 19.9. The van der Waals surface area contributed by atoms with Crippen molar-refractivity contribution in [2.75, 3.05) is 50.8 Å². The van der Waals surface area contributed by atoms with E-state index >= 15 is 0 Å². The van der Waals surface area contributed by atoms with Gasteiger partial charge in [0.2, 0.25) is 11.9 Å². The van der Waals surface area contributed by atoms with Crippen LogP contribution < -0.4 is 21.5 Å². The summed E-state index contributed by atoms with van der Waals surface area (Å²) in [5.74, 6) is 0.396. The molecule has 2 atom stereocenters. The molecule has 13 heteroatoms. The van der Waals surface area contributed by atoms with E-state index in [-0.39, 0.29) is 42.0 Å². The molecule has 2 aromatic heterocycles. The topological polar surface area (TPSA) is 107 Å². The van der Waals surface area contributed by atoms with E-state index in [1.54, 1.807) is 23.1 Å². The Morgan fingerprint density at radius 1 is 1.00 bits per heavy atom. The number of ether oxygens (including phenoxy) is 1. The number of benzene rings is 2. The second-order valence-electron chi connectivity index (χ2n) is 11.9. The van der Waals surface area contributed by atoms with Gasteiger partial charge in [0, 0.05) is 50.3 Å². The minimum Gasteiger partial charge on any atom is -0.378 e. The van der Waals surface area contributed by atoms with Crippen LogP contribution in [-0.2, 0) is 35.6 Å². The predicted molar refractivity (Wildman–Crippen MR) is 168 cm³/mol. The number of hydrogen-bond acceptors (Lipinski definition) is 7. The van der Waals surface area contributed by atoms with Crippen molar-refractivity contribution in [2.45, 2.75) is 38.5 Å². The molecule has 0 spiro atoms. The Bertz CT molecular complexity index is 1850. The minimum absolute atomic E-state index is 0.184. The third-order valence-electron chi connectivity index (χ3n) is 9.28. The number of fused-ring (bicyclic) bond motifs is 2.